The second kappa shape index (κ2) is 8.94. The lowest BCUT2D eigenvalue weighted by Gasteiger charge is -2.17. The van der Waals surface area contributed by atoms with Gasteiger partial charge in [0.15, 0.2) is 0 Å². The van der Waals surface area contributed by atoms with Crippen molar-refractivity contribution in [3.63, 3.8) is 0 Å². The van der Waals surface area contributed by atoms with Crippen molar-refractivity contribution in [3.8, 4) is 0 Å². The maximum Gasteiger partial charge on any atom is 0.243 e. The molecular formula is C20H23ClN4O3S. The fourth-order valence-electron chi connectivity index (χ4n) is 3.07. The molecule has 9 heteroatoms. The van der Waals surface area contributed by atoms with Gasteiger partial charge in [0.05, 0.1) is 22.5 Å². The van der Waals surface area contributed by atoms with E-state index in [1.165, 1.54) is 31.3 Å². The van der Waals surface area contributed by atoms with Gasteiger partial charge in [-0.1, -0.05) is 23.7 Å². The van der Waals surface area contributed by atoms with Gasteiger partial charge >= 0.3 is 0 Å². The molecular weight excluding hydrogens is 412 g/mol. The summed E-state index contributed by atoms with van der Waals surface area (Å²) in [5, 5.41) is 3.23. The number of benzene rings is 2. The number of aryl methyl sites for hydroxylation is 2. The summed E-state index contributed by atoms with van der Waals surface area (Å²) in [5.41, 5.74) is 2.01. The highest BCUT2D eigenvalue weighted by molar-refractivity contribution is 7.89. The molecule has 1 amide bonds. The van der Waals surface area contributed by atoms with Crippen LogP contribution in [0.5, 0.6) is 0 Å². The average molecular weight is 435 g/mol. The SMILES string of the molecule is Cc1nc2ccccc2n1CCCNC(=O)CN(C)S(=O)(=O)c1ccc(Cl)cc1. The normalized spacial score (nSPS) is 11.9. The van der Waals surface area contributed by atoms with Crippen molar-refractivity contribution in [3.05, 3.63) is 59.4 Å². The highest BCUT2D eigenvalue weighted by atomic mass is 35.5. The van der Waals surface area contributed by atoms with Crippen molar-refractivity contribution in [2.45, 2.75) is 24.8 Å². The van der Waals surface area contributed by atoms with E-state index < -0.39 is 10.0 Å². The number of carbonyl (C=O) groups is 1. The Labute approximate surface area is 175 Å². The average Bonchev–Trinajstić information content (AvgIpc) is 3.00. The van der Waals surface area contributed by atoms with E-state index >= 15 is 0 Å². The van der Waals surface area contributed by atoms with Crippen LogP contribution in [0.15, 0.2) is 53.4 Å². The first-order valence-corrected chi connectivity index (χ1v) is 11.0. The van der Waals surface area contributed by atoms with Crippen molar-refractivity contribution in [2.24, 2.45) is 0 Å². The number of imidazole rings is 1. The molecule has 0 aliphatic rings. The second-order valence-corrected chi connectivity index (χ2v) is 9.20. The van der Waals surface area contributed by atoms with Crippen molar-refractivity contribution in [1.29, 1.82) is 0 Å². The Balaban J connectivity index is 1.50. The van der Waals surface area contributed by atoms with Crippen LogP contribution < -0.4 is 5.32 Å². The molecule has 3 rings (SSSR count). The first-order valence-electron chi connectivity index (χ1n) is 9.19. The Morgan fingerprint density at radius 3 is 2.59 bits per heavy atom. The molecule has 0 saturated carbocycles. The Hall–Kier alpha value is -2.42. The number of hydrogen-bond acceptors (Lipinski definition) is 4. The molecule has 1 aromatic heterocycles. The van der Waals surface area contributed by atoms with Gasteiger partial charge in [0.1, 0.15) is 5.82 Å². The van der Waals surface area contributed by atoms with Crippen LogP contribution >= 0.6 is 11.6 Å². The lowest BCUT2D eigenvalue weighted by molar-refractivity contribution is -0.121. The molecule has 3 aromatic rings. The second-order valence-electron chi connectivity index (χ2n) is 6.72. The van der Waals surface area contributed by atoms with E-state index in [1.54, 1.807) is 0 Å². The number of halogens is 1. The number of carbonyl (C=O) groups excluding carboxylic acids is 1. The lowest BCUT2D eigenvalue weighted by atomic mass is 10.3. The molecule has 2 aromatic carbocycles. The van der Waals surface area contributed by atoms with Crippen LogP contribution in [0.25, 0.3) is 11.0 Å². The molecule has 29 heavy (non-hydrogen) atoms. The summed E-state index contributed by atoms with van der Waals surface area (Å²) >= 11 is 5.80. The number of nitrogens with zero attached hydrogens (tertiary/aromatic N) is 3. The van der Waals surface area contributed by atoms with E-state index in [0.29, 0.717) is 24.5 Å². The van der Waals surface area contributed by atoms with Gasteiger partial charge in [-0.15, -0.1) is 0 Å². The van der Waals surface area contributed by atoms with Gasteiger partial charge in [0, 0.05) is 25.2 Å². The molecule has 0 radical (unpaired) electrons. The van der Waals surface area contributed by atoms with Crippen LogP contribution in [0.1, 0.15) is 12.2 Å². The minimum atomic E-state index is -3.75. The zero-order valence-electron chi connectivity index (χ0n) is 16.3. The number of fused-ring (bicyclic) bond motifs is 1. The fourth-order valence-corrected chi connectivity index (χ4v) is 4.33. The fraction of sp³-hybridized carbons (Fsp3) is 0.300. The summed E-state index contributed by atoms with van der Waals surface area (Å²) in [6, 6.07) is 13.8. The van der Waals surface area contributed by atoms with Crippen molar-refractivity contribution in [1.82, 2.24) is 19.2 Å². The summed E-state index contributed by atoms with van der Waals surface area (Å²) in [4.78, 5) is 16.8. The van der Waals surface area contributed by atoms with E-state index in [4.69, 9.17) is 11.6 Å². The van der Waals surface area contributed by atoms with E-state index in [1.807, 2.05) is 31.2 Å². The van der Waals surface area contributed by atoms with Gasteiger partial charge in [-0.25, -0.2) is 13.4 Å². The summed E-state index contributed by atoms with van der Waals surface area (Å²) in [5.74, 6) is 0.573. The summed E-state index contributed by atoms with van der Waals surface area (Å²) < 4.78 is 28.2. The predicted octanol–water partition coefficient (Wildman–Crippen LogP) is 2.83. The number of hydrogen-bond donors (Lipinski definition) is 1. The molecule has 0 unspecified atom stereocenters. The number of para-hydroxylation sites is 2. The molecule has 0 fully saturated rings. The third-order valence-electron chi connectivity index (χ3n) is 4.61. The molecule has 154 valence electrons. The van der Waals surface area contributed by atoms with Crippen LogP contribution in [-0.2, 0) is 21.4 Å². The van der Waals surface area contributed by atoms with Gasteiger partial charge < -0.3 is 9.88 Å². The minimum absolute atomic E-state index is 0.0969. The van der Waals surface area contributed by atoms with E-state index in [9.17, 15) is 13.2 Å². The Morgan fingerprint density at radius 1 is 1.17 bits per heavy atom. The molecule has 1 heterocycles. The van der Waals surface area contributed by atoms with Gasteiger partial charge in [-0.3, -0.25) is 4.79 Å². The zero-order chi connectivity index (χ0) is 21.0. The summed E-state index contributed by atoms with van der Waals surface area (Å²) in [7, 11) is -2.37. The first kappa shape index (κ1) is 21.3. The molecule has 1 N–H and O–H groups in total. The topological polar surface area (TPSA) is 84.3 Å². The molecule has 7 nitrogen and oxygen atoms in total. The third kappa shape index (κ3) is 4.95. The van der Waals surface area contributed by atoms with E-state index in [-0.39, 0.29) is 17.3 Å². The van der Waals surface area contributed by atoms with E-state index in [0.717, 1.165) is 21.2 Å². The first-order chi connectivity index (χ1) is 13.8. The quantitative estimate of drug-likeness (QED) is 0.552. The molecule has 0 atom stereocenters. The number of rotatable bonds is 8. The Kier molecular flexibility index (Phi) is 6.56. The van der Waals surface area contributed by atoms with E-state index in [2.05, 4.69) is 14.9 Å². The summed E-state index contributed by atoms with van der Waals surface area (Å²) in [6.07, 6.45) is 0.709. The van der Waals surface area contributed by atoms with Gasteiger partial charge in [0.25, 0.3) is 0 Å². The number of nitrogens with one attached hydrogen (secondary N) is 1. The Morgan fingerprint density at radius 2 is 1.86 bits per heavy atom. The molecule has 0 spiro atoms. The summed E-state index contributed by atoms with van der Waals surface area (Å²) in [6.45, 7) is 2.86. The van der Waals surface area contributed by atoms with Gasteiger partial charge in [-0.2, -0.15) is 4.31 Å². The monoisotopic (exact) mass is 434 g/mol. The molecule has 0 bridgehead atoms. The number of likely N-dealkylation sites (N-methyl/N-ethyl adjacent to an activating group) is 1. The maximum atomic E-state index is 12.5. The minimum Gasteiger partial charge on any atom is -0.355 e. The maximum absolute atomic E-state index is 12.5. The highest BCUT2D eigenvalue weighted by Crippen LogP contribution is 2.17. The largest absolute Gasteiger partial charge is 0.355 e. The van der Waals surface area contributed by atoms with Gasteiger partial charge in [-0.05, 0) is 49.7 Å². The number of aromatic nitrogens is 2. The smallest absolute Gasteiger partial charge is 0.243 e. The van der Waals surface area contributed by atoms with Crippen LogP contribution in [0.4, 0.5) is 0 Å². The molecule has 0 aliphatic heterocycles. The van der Waals surface area contributed by atoms with Crippen LogP contribution in [0.2, 0.25) is 5.02 Å². The van der Waals surface area contributed by atoms with Crippen LogP contribution in [-0.4, -0.2) is 48.3 Å². The van der Waals surface area contributed by atoms with Gasteiger partial charge in [0.2, 0.25) is 15.9 Å². The standard InChI is InChI=1S/C20H23ClN4O3S/c1-15-23-18-6-3-4-7-19(18)25(15)13-5-12-22-20(26)14-24(2)29(27,28)17-10-8-16(21)9-11-17/h3-4,6-11H,5,12-14H2,1-2H3,(H,22,26). The van der Waals surface area contributed by atoms with Crippen molar-refractivity contribution < 1.29 is 13.2 Å². The zero-order valence-corrected chi connectivity index (χ0v) is 17.9. The lowest BCUT2D eigenvalue weighted by Crippen LogP contribution is -2.38. The Bertz CT molecular complexity index is 1110. The van der Waals surface area contributed by atoms with Crippen molar-refractivity contribution in [2.75, 3.05) is 20.1 Å². The number of sulfonamides is 1. The molecule has 0 aliphatic carbocycles. The highest BCUT2D eigenvalue weighted by Gasteiger charge is 2.22. The predicted molar refractivity (Wildman–Crippen MR) is 113 cm³/mol. The van der Waals surface area contributed by atoms with Crippen LogP contribution in [0.3, 0.4) is 0 Å². The third-order valence-corrected chi connectivity index (χ3v) is 6.68. The van der Waals surface area contributed by atoms with Crippen molar-refractivity contribution >= 4 is 38.6 Å². The van der Waals surface area contributed by atoms with Crippen LogP contribution in [0, 0.1) is 6.92 Å². The molecule has 0 saturated heterocycles. The number of amides is 1.